The molecule has 1 aromatic rings. The Balaban J connectivity index is 1.79. The lowest BCUT2D eigenvalue weighted by molar-refractivity contribution is -0.137. The summed E-state index contributed by atoms with van der Waals surface area (Å²) in [6.07, 6.45) is 1.60. The summed E-state index contributed by atoms with van der Waals surface area (Å²) in [6.45, 7) is 3.80. The van der Waals surface area contributed by atoms with E-state index in [1.165, 1.54) is 0 Å². The third-order valence-electron chi connectivity index (χ3n) is 6.06. The van der Waals surface area contributed by atoms with Crippen LogP contribution in [0, 0.1) is 17.2 Å². The summed E-state index contributed by atoms with van der Waals surface area (Å²) in [4.78, 5) is 19.6. The van der Waals surface area contributed by atoms with Gasteiger partial charge in [-0.3, -0.25) is 4.79 Å². The molecule has 1 N–H and O–H groups in total. The number of nitriles is 1. The lowest BCUT2D eigenvalue weighted by atomic mass is 9.99. The number of fused-ring (bicyclic) bond motifs is 1. The van der Waals surface area contributed by atoms with E-state index in [9.17, 15) is 18.8 Å². The van der Waals surface area contributed by atoms with Gasteiger partial charge in [0.25, 0.3) is 5.92 Å². The van der Waals surface area contributed by atoms with Gasteiger partial charge >= 0.3 is 5.97 Å². The first-order chi connectivity index (χ1) is 12.8. The molecule has 0 spiro atoms. The van der Waals surface area contributed by atoms with Gasteiger partial charge in [-0.1, -0.05) is 0 Å². The van der Waals surface area contributed by atoms with Crippen LogP contribution in [0.5, 0.6) is 0 Å². The fourth-order valence-electron chi connectivity index (χ4n) is 4.49. The number of anilines is 2. The van der Waals surface area contributed by atoms with E-state index in [1.807, 2.05) is 22.8 Å². The number of hydrogen-bond acceptors (Lipinski definition) is 5. The molecule has 2 saturated heterocycles. The van der Waals surface area contributed by atoms with Gasteiger partial charge in [-0.2, -0.15) is 5.26 Å². The molecule has 0 amide bonds. The number of hydrogen-bond donors (Lipinski definition) is 1. The van der Waals surface area contributed by atoms with Gasteiger partial charge < -0.3 is 14.9 Å². The van der Waals surface area contributed by atoms with Crippen molar-refractivity contribution in [3.05, 3.63) is 16.7 Å². The maximum absolute atomic E-state index is 14.7. The first kappa shape index (κ1) is 18.0. The molecule has 27 heavy (non-hydrogen) atoms. The Kier molecular flexibility index (Phi) is 4.21. The number of rotatable bonds is 4. The highest BCUT2D eigenvalue weighted by Gasteiger charge is 2.46. The van der Waals surface area contributed by atoms with Crippen molar-refractivity contribution in [2.75, 3.05) is 29.4 Å². The molecule has 1 aromatic heterocycles. The van der Waals surface area contributed by atoms with Gasteiger partial charge in [-0.15, -0.1) is 0 Å². The standard InChI is InChI=1S/C19H22F2N4O2/c1-11-3-7-25(11)18-14(9-22)16-13(2-5-19(16,20)21)17(23-18)24-6-4-12(10-24)8-15(26)27/h11-12H,2-8,10H2,1H3,(H,26,27)/t11-,12?/m0/s1. The normalized spacial score (nSPS) is 25.9. The Hall–Kier alpha value is -2.43. The second kappa shape index (κ2) is 6.32. The topological polar surface area (TPSA) is 80.5 Å². The number of nitrogens with zero attached hydrogens (tertiary/aromatic N) is 4. The van der Waals surface area contributed by atoms with Crippen molar-refractivity contribution in [3.8, 4) is 6.07 Å². The Bertz CT molecular complexity index is 836. The number of carboxylic acid groups (broad SMARTS) is 1. The van der Waals surface area contributed by atoms with E-state index < -0.39 is 11.9 Å². The van der Waals surface area contributed by atoms with E-state index in [-0.39, 0.29) is 42.3 Å². The predicted molar refractivity (Wildman–Crippen MR) is 95.2 cm³/mol. The van der Waals surface area contributed by atoms with Crippen molar-refractivity contribution in [3.63, 3.8) is 0 Å². The maximum atomic E-state index is 14.7. The predicted octanol–water partition coefficient (Wildman–Crippen LogP) is 2.89. The van der Waals surface area contributed by atoms with E-state index in [0.29, 0.717) is 43.3 Å². The fraction of sp³-hybridized carbons (Fsp3) is 0.632. The lowest BCUT2D eigenvalue weighted by Gasteiger charge is -2.41. The van der Waals surface area contributed by atoms with Crippen LogP contribution in [0.1, 0.15) is 49.3 Å². The van der Waals surface area contributed by atoms with Gasteiger partial charge in [0.1, 0.15) is 23.3 Å². The Morgan fingerprint density at radius 2 is 2.15 bits per heavy atom. The molecular formula is C19H22F2N4O2. The molecule has 2 fully saturated rings. The minimum Gasteiger partial charge on any atom is -0.481 e. The molecule has 0 bridgehead atoms. The Morgan fingerprint density at radius 1 is 1.37 bits per heavy atom. The molecule has 2 atom stereocenters. The van der Waals surface area contributed by atoms with Crippen molar-refractivity contribution in [1.82, 2.24) is 4.98 Å². The molecule has 0 aromatic carbocycles. The summed E-state index contributed by atoms with van der Waals surface area (Å²) in [5.41, 5.74) is 0.305. The number of pyridine rings is 1. The molecule has 1 aliphatic carbocycles. The molecule has 1 unspecified atom stereocenters. The second-order valence-electron chi connectivity index (χ2n) is 7.83. The van der Waals surface area contributed by atoms with Crippen LogP contribution in [0.15, 0.2) is 0 Å². The number of halogens is 2. The lowest BCUT2D eigenvalue weighted by Crippen LogP contribution is -2.47. The third-order valence-corrected chi connectivity index (χ3v) is 6.06. The van der Waals surface area contributed by atoms with Gasteiger partial charge in [0.05, 0.1) is 0 Å². The van der Waals surface area contributed by atoms with Crippen LogP contribution in [0.3, 0.4) is 0 Å². The SMILES string of the molecule is C[C@H]1CCN1c1nc(N2CCC(CC(=O)O)C2)c2c(c1C#N)C(F)(F)CC2. The second-order valence-corrected chi connectivity index (χ2v) is 7.83. The van der Waals surface area contributed by atoms with Crippen LogP contribution in [0.2, 0.25) is 0 Å². The van der Waals surface area contributed by atoms with Gasteiger partial charge in [0.2, 0.25) is 0 Å². The van der Waals surface area contributed by atoms with Crippen LogP contribution < -0.4 is 9.80 Å². The molecule has 4 rings (SSSR count). The fourth-order valence-corrected chi connectivity index (χ4v) is 4.49. The molecular weight excluding hydrogens is 354 g/mol. The van der Waals surface area contributed by atoms with E-state index >= 15 is 0 Å². The first-order valence-corrected chi connectivity index (χ1v) is 9.40. The third kappa shape index (κ3) is 2.89. The van der Waals surface area contributed by atoms with Crippen molar-refractivity contribution >= 4 is 17.6 Å². The maximum Gasteiger partial charge on any atom is 0.303 e. The molecule has 3 heterocycles. The van der Waals surface area contributed by atoms with Gasteiger partial charge in [-0.05, 0) is 32.1 Å². The molecule has 2 aliphatic heterocycles. The van der Waals surface area contributed by atoms with E-state index in [1.54, 1.807) is 0 Å². The molecule has 8 heteroatoms. The summed E-state index contributed by atoms with van der Waals surface area (Å²) >= 11 is 0. The molecule has 0 radical (unpaired) electrons. The van der Waals surface area contributed by atoms with Crippen LogP contribution >= 0.6 is 0 Å². The van der Waals surface area contributed by atoms with E-state index in [4.69, 9.17) is 10.1 Å². The minimum absolute atomic E-state index is 0.00378. The molecule has 3 aliphatic rings. The van der Waals surface area contributed by atoms with Crippen LogP contribution in [0.4, 0.5) is 20.4 Å². The van der Waals surface area contributed by atoms with Crippen molar-refractivity contribution in [1.29, 1.82) is 5.26 Å². The van der Waals surface area contributed by atoms with Crippen molar-refractivity contribution < 1.29 is 18.7 Å². The van der Waals surface area contributed by atoms with Crippen LogP contribution in [-0.4, -0.2) is 41.7 Å². The van der Waals surface area contributed by atoms with Gasteiger partial charge in [0, 0.05) is 49.6 Å². The van der Waals surface area contributed by atoms with Crippen LogP contribution in [-0.2, 0) is 17.1 Å². The summed E-state index contributed by atoms with van der Waals surface area (Å²) in [6, 6.07) is 2.16. The largest absolute Gasteiger partial charge is 0.481 e. The van der Waals surface area contributed by atoms with Gasteiger partial charge in [0.15, 0.2) is 0 Å². The molecule has 6 nitrogen and oxygen atoms in total. The number of carbonyl (C=O) groups is 1. The van der Waals surface area contributed by atoms with Gasteiger partial charge in [-0.25, -0.2) is 13.8 Å². The zero-order valence-corrected chi connectivity index (χ0v) is 15.2. The number of carboxylic acids is 1. The Morgan fingerprint density at radius 3 is 2.74 bits per heavy atom. The average molecular weight is 376 g/mol. The number of alkyl halides is 2. The highest BCUT2D eigenvalue weighted by atomic mass is 19.3. The summed E-state index contributed by atoms with van der Waals surface area (Å²) in [5, 5.41) is 18.7. The van der Waals surface area contributed by atoms with E-state index in [0.717, 1.165) is 6.42 Å². The molecule has 144 valence electrons. The number of aliphatic carboxylic acids is 1. The van der Waals surface area contributed by atoms with Crippen LogP contribution in [0.25, 0.3) is 0 Å². The summed E-state index contributed by atoms with van der Waals surface area (Å²) in [7, 11) is 0. The van der Waals surface area contributed by atoms with E-state index in [2.05, 4.69) is 0 Å². The highest BCUT2D eigenvalue weighted by molar-refractivity contribution is 5.71. The Labute approximate surface area is 156 Å². The monoisotopic (exact) mass is 376 g/mol. The zero-order valence-electron chi connectivity index (χ0n) is 15.2. The zero-order chi connectivity index (χ0) is 19.3. The smallest absolute Gasteiger partial charge is 0.303 e. The quantitative estimate of drug-likeness (QED) is 0.870. The van der Waals surface area contributed by atoms with Crippen molar-refractivity contribution in [2.24, 2.45) is 5.92 Å². The summed E-state index contributed by atoms with van der Waals surface area (Å²) in [5.74, 6) is -3.01. The highest BCUT2D eigenvalue weighted by Crippen LogP contribution is 2.49. The first-order valence-electron chi connectivity index (χ1n) is 9.40. The number of aromatic nitrogens is 1. The van der Waals surface area contributed by atoms with Crippen molar-refractivity contribution in [2.45, 2.75) is 51.0 Å². The average Bonchev–Trinajstić information content (AvgIpc) is 3.17. The summed E-state index contributed by atoms with van der Waals surface area (Å²) < 4.78 is 29.3. The minimum atomic E-state index is -3.03. The molecule has 0 saturated carbocycles.